The Labute approximate surface area is 222 Å². The molecule has 2 aromatic rings. The van der Waals surface area contributed by atoms with Gasteiger partial charge in [-0.1, -0.05) is 71.6 Å². The third-order valence-electron chi connectivity index (χ3n) is 5.58. The average Bonchev–Trinajstić information content (AvgIpc) is 2.78. The fraction of sp³-hybridized carbons (Fsp3) is 0.417. The van der Waals surface area contributed by atoms with Gasteiger partial charge in [0, 0.05) is 12.6 Å². The van der Waals surface area contributed by atoms with Crippen LogP contribution in [0.2, 0.25) is 15.1 Å². The molecule has 0 aromatic heterocycles. The fourth-order valence-electron chi connectivity index (χ4n) is 3.24. The Morgan fingerprint density at radius 1 is 1.00 bits per heavy atom. The molecule has 11 heteroatoms. The van der Waals surface area contributed by atoms with E-state index in [0.717, 1.165) is 28.1 Å². The number of nitrogens with zero attached hydrogens (tertiary/aromatic N) is 2. The summed E-state index contributed by atoms with van der Waals surface area (Å²) in [4.78, 5) is 27.8. The monoisotopic (exact) mass is 561 g/mol. The highest BCUT2D eigenvalue weighted by molar-refractivity contribution is 7.92. The van der Waals surface area contributed by atoms with Crippen LogP contribution in [0.25, 0.3) is 0 Å². The number of nitrogens with one attached hydrogen (secondary N) is 1. The number of amides is 2. The van der Waals surface area contributed by atoms with Gasteiger partial charge in [-0.3, -0.25) is 13.9 Å². The molecule has 2 atom stereocenters. The minimum atomic E-state index is -3.95. The Morgan fingerprint density at radius 2 is 1.57 bits per heavy atom. The quantitative estimate of drug-likeness (QED) is 0.411. The van der Waals surface area contributed by atoms with Crippen molar-refractivity contribution in [3.05, 3.63) is 62.6 Å². The highest BCUT2D eigenvalue weighted by atomic mass is 35.5. The van der Waals surface area contributed by atoms with Crippen molar-refractivity contribution >= 4 is 62.3 Å². The summed E-state index contributed by atoms with van der Waals surface area (Å²) in [6.45, 7) is 6.90. The Morgan fingerprint density at radius 3 is 2.11 bits per heavy atom. The van der Waals surface area contributed by atoms with E-state index in [0.29, 0.717) is 0 Å². The SMILES string of the molecule is CC[C@H](C)NC(=O)[C@H](C)N(Cc1ccc(C)cc1)C(=O)CN(c1cc(Cl)c(Cl)cc1Cl)S(C)(=O)=O. The number of aryl methyl sites for hydroxylation is 1. The van der Waals surface area contributed by atoms with Crippen molar-refractivity contribution in [1.82, 2.24) is 10.2 Å². The Kier molecular flexibility index (Phi) is 10.3. The number of benzene rings is 2. The smallest absolute Gasteiger partial charge is 0.244 e. The molecule has 192 valence electrons. The largest absolute Gasteiger partial charge is 0.352 e. The molecule has 1 N–H and O–H groups in total. The van der Waals surface area contributed by atoms with Crippen LogP contribution in [0, 0.1) is 6.92 Å². The summed E-state index contributed by atoms with van der Waals surface area (Å²) in [6.07, 6.45) is 1.69. The number of anilines is 1. The molecule has 2 rings (SSSR count). The highest BCUT2D eigenvalue weighted by Crippen LogP contribution is 2.35. The molecule has 0 aliphatic carbocycles. The highest BCUT2D eigenvalue weighted by Gasteiger charge is 2.31. The van der Waals surface area contributed by atoms with E-state index in [2.05, 4.69) is 5.32 Å². The second-order valence-corrected chi connectivity index (χ2v) is 11.6. The van der Waals surface area contributed by atoms with Gasteiger partial charge in [0.2, 0.25) is 21.8 Å². The standard InChI is InChI=1S/C24H30Cl3N3O4S/c1-6-16(3)28-24(32)17(4)29(13-18-9-7-15(2)8-10-18)23(31)14-30(35(5,33)34)22-12-20(26)19(25)11-21(22)27/h7-12,16-17H,6,13-14H2,1-5H3,(H,28,32)/t16-,17-/m0/s1. The van der Waals surface area contributed by atoms with Crippen LogP contribution in [-0.2, 0) is 26.2 Å². The molecule has 2 amide bonds. The van der Waals surface area contributed by atoms with E-state index in [-0.39, 0.29) is 39.2 Å². The summed E-state index contributed by atoms with van der Waals surface area (Å²) in [5.74, 6) is -0.914. The Balaban J connectivity index is 2.45. The van der Waals surface area contributed by atoms with Gasteiger partial charge < -0.3 is 10.2 Å². The fourth-order valence-corrected chi connectivity index (χ4v) is 4.78. The average molecular weight is 563 g/mol. The summed E-state index contributed by atoms with van der Waals surface area (Å²) in [5.41, 5.74) is 1.86. The van der Waals surface area contributed by atoms with Crippen molar-refractivity contribution in [2.45, 2.75) is 52.7 Å². The minimum absolute atomic E-state index is 0.0175. The van der Waals surface area contributed by atoms with Crippen LogP contribution in [0.15, 0.2) is 36.4 Å². The lowest BCUT2D eigenvalue weighted by Gasteiger charge is -2.32. The van der Waals surface area contributed by atoms with Gasteiger partial charge in [-0.05, 0) is 44.9 Å². The van der Waals surface area contributed by atoms with Crippen LogP contribution >= 0.6 is 34.8 Å². The van der Waals surface area contributed by atoms with Crippen molar-refractivity contribution in [1.29, 1.82) is 0 Å². The van der Waals surface area contributed by atoms with E-state index in [9.17, 15) is 18.0 Å². The molecule has 0 saturated heterocycles. The van der Waals surface area contributed by atoms with Crippen LogP contribution in [-0.4, -0.2) is 50.0 Å². The van der Waals surface area contributed by atoms with Crippen molar-refractivity contribution in [3.63, 3.8) is 0 Å². The molecule has 35 heavy (non-hydrogen) atoms. The lowest BCUT2D eigenvalue weighted by Crippen LogP contribution is -2.52. The van der Waals surface area contributed by atoms with Gasteiger partial charge in [0.15, 0.2) is 0 Å². The topological polar surface area (TPSA) is 86.8 Å². The summed E-state index contributed by atoms with van der Waals surface area (Å²) in [7, 11) is -3.95. The first-order valence-electron chi connectivity index (χ1n) is 11.0. The van der Waals surface area contributed by atoms with Gasteiger partial charge in [0.25, 0.3) is 0 Å². The van der Waals surface area contributed by atoms with Crippen molar-refractivity contribution in [2.75, 3.05) is 17.1 Å². The van der Waals surface area contributed by atoms with E-state index in [1.807, 2.05) is 45.0 Å². The first-order valence-corrected chi connectivity index (χ1v) is 14.0. The van der Waals surface area contributed by atoms with Crippen molar-refractivity contribution in [3.8, 4) is 0 Å². The number of hydrogen-bond acceptors (Lipinski definition) is 4. The lowest BCUT2D eigenvalue weighted by molar-refractivity contribution is -0.139. The van der Waals surface area contributed by atoms with Gasteiger partial charge in [-0.2, -0.15) is 0 Å². The molecule has 0 bridgehead atoms. The maximum absolute atomic E-state index is 13.5. The zero-order chi connectivity index (χ0) is 26.5. The van der Waals surface area contributed by atoms with Gasteiger partial charge >= 0.3 is 0 Å². The zero-order valence-corrected chi connectivity index (χ0v) is 23.4. The lowest BCUT2D eigenvalue weighted by atomic mass is 10.1. The molecule has 2 aromatic carbocycles. The van der Waals surface area contributed by atoms with Crippen LogP contribution < -0.4 is 9.62 Å². The Hall–Kier alpha value is -2.00. The number of hydrogen-bond donors (Lipinski definition) is 1. The third kappa shape index (κ3) is 8.00. The predicted octanol–water partition coefficient (Wildman–Crippen LogP) is 5.05. The molecule has 0 saturated carbocycles. The molecule has 0 aliphatic heterocycles. The number of carbonyl (C=O) groups is 2. The summed E-state index contributed by atoms with van der Waals surface area (Å²) in [5, 5.41) is 3.14. The number of rotatable bonds is 10. The number of sulfonamides is 1. The van der Waals surface area contributed by atoms with E-state index in [1.165, 1.54) is 17.0 Å². The zero-order valence-electron chi connectivity index (χ0n) is 20.3. The van der Waals surface area contributed by atoms with Crippen molar-refractivity contribution < 1.29 is 18.0 Å². The van der Waals surface area contributed by atoms with Gasteiger partial charge in [0.05, 0.1) is 27.0 Å². The second-order valence-electron chi connectivity index (χ2n) is 8.49. The Bertz CT molecular complexity index is 1170. The summed E-state index contributed by atoms with van der Waals surface area (Å²) >= 11 is 18.3. The molecule has 0 spiro atoms. The molecule has 0 unspecified atom stereocenters. The van der Waals surface area contributed by atoms with Crippen LogP contribution in [0.5, 0.6) is 0 Å². The van der Waals surface area contributed by atoms with Crippen LogP contribution in [0.1, 0.15) is 38.3 Å². The van der Waals surface area contributed by atoms with Gasteiger partial charge in [0.1, 0.15) is 12.6 Å². The maximum Gasteiger partial charge on any atom is 0.244 e. The summed E-state index contributed by atoms with van der Waals surface area (Å²) < 4.78 is 26.2. The molecule has 0 radical (unpaired) electrons. The molecule has 0 aliphatic rings. The number of halogens is 3. The van der Waals surface area contributed by atoms with E-state index >= 15 is 0 Å². The predicted molar refractivity (Wildman–Crippen MR) is 143 cm³/mol. The van der Waals surface area contributed by atoms with E-state index < -0.39 is 28.5 Å². The molecular weight excluding hydrogens is 533 g/mol. The van der Waals surface area contributed by atoms with Crippen LogP contribution in [0.4, 0.5) is 5.69 Å². The molecule has 0 heterocycles. The third-order valence-corrected chi connectivity index (χ3v) is 7.73. The minimum Gasteiger partial charge on any atom is -0.352 e. The molecule has 7 nitrogen and oxygen atoms in total. The van der Waals surface area contributed by atoms with Gasteiger partial charge in [-0.15, -0.1) is 0 Å². The normalized spacial score (nSPS) is 13.1. The number of carbonyl (C=O) groups excluding carboxylic acids is 2. The van der Waals surface area contributed by atoms with Gasteiger partial charge in [-0.25, -0.2) is 8.42 Å². The van der Waals surface area contributed by atoms with E-state index in [1.54, 1.807) is 6.92 Å². The maximum atomic E-state index is 13.5. The van der Waals surface area contributed by atoms with E-state index in [4.69, 9.17) is 34.8 Å². The first kappa shape index (κ1) is 29.2. The second kappa shape index (κ2) is 12.3. The molecular formula is C24H30Cl3N3O4S. The molecule has 0 fully saturated rings. The van der Waals surface area contributed by atoms with Crippen LogP contribution in [0.3, 0.4) is 0 Å². The first-order chi connectivity index (χ1) is 16.2. The summed E-state index contributed by atoms with van der Waals surface area (Å²) in [6, 6.07) is 9.20. The van der Waals surface area contributed by atoms with Crippen molar-refractivity contribution in [2.24, 2.45) is 0 Å².